The maximum atomic E-state index is 12.7. The molecule has 4 nitrogen and oxygen atoms in total. The van der Waals surface area contributed by atoms with Gasteiger partial charge in [0, 0.05) is 6.54 Å². The molecule has 0 radical (unpaired) electrons. The van der Waals surface area contributed by atoms with Crippen LogP contribution in [0.4, 0.5) is 4.39 Å². The number of rotatable bonds is 7. The summed E-state index contributed by atoms with van der Waals surface area (Å²) in [6.07, 6.45) is -0.101. The van der Waals surface area contributed by atoms with E-state index in [0.717, 1.165) is 0 Å². The molecule has 1 aromatic rings. The van der Waals surface area contributed by atoms with E-state index in [9.17, 15) is 9.18 Å². The highest BCUT2D eigenvalue weighted by Gasteiger charge is 2.09. The van der Waals surface area contributed by atoms with E-state index in [1.165, 1.54) is 12.1 Å². The Balaban J connectivity index is 2.21. The number of carbonyl (C=O) groups excluding carboxylic acids is 1. The van der Waals surface area contributed by atoms with Gasteiger partial charge in [-0.1, -0.05) is 0 Å². The number of nitrogens with zero attached hydrogens (tertiary/aromatic N) is 1. The zero-order valence-electron chi connectivity index (χ0n) is 11.6. The second-order valence-corrected chi connectivity index (χ2v) is 4.58. The van der Waals surface area contributed by atoms with Crippen LogP contribution >= 0.6 is 0 Å². The summed E-state index contributed by atoms with van der Waals surface area (Å²) in [6.45, 7) is 4.87. The molecule has 0 fully saturated rings. The third-order valence-electron chi connectivity index (χ3n) is 2.32. The highest BCUT2D eigenvalue weighted by atomic mass is 19.1. The molecule has 0 saturated carbocycles. The van der Waals surface area contributed by atoms with Crippen LogP contribution in [-0.2, 0) is 9.53 Å². The van der Waals surface area contributed by atoms with Crippen molar-refractivity contribution in [3.63, 3.8) is 0 Å². The normalized spacial score (nSPS) is 10.8. The number of likely N-dealkylation sites (N-methyl/N-ethyl adjacent to an activating group) is 1. The summed E-state index contributed by atoms with van der Waals surface area (Å²) in [4.78, 5) is 13.2. The fourth-order valence-electron chi connectivity index (χ4n) is 1.45. The highest BCUT2D eigenvalue weighted by Crippen LogP contribution is 2.10. The Morgan fingerprint density at radius 2 is 1.95 bits per heavy atom. The molecule has 0 unspecified atom stereocenters. The van der Waals surface area contributed by atoms with Gasteiger partial charge < -0.3 is 9.47 Å². The average Bonchev–Trinajstić information content (AvgIpc) is 2.30. The van der Waals surface area contributed by atoms with E-state index < -0.39 is 0 Å². The Labute approximate surface area is 113 Å². The van der Waals surface area contributed by atoms with Crippen molar-refractivity contribution in [2.24, 2.45) is 0 Å². The number of esters is 1. The minimum absolute atomic E-state index is 0.101. The molecule has 0 bridgehead atoms. The summed E-state index contributed by atoms with van der Waals surface area (Å²) in [7, 11) is 1.82. The van der Waals surface area contributed by atoms with Gasteiger partial charge in [-0.05, 0) is 45.2 Å². The number of halogens is 1. The molecule has 0 N–H and O–H groups in total. The summed E-state index contributed by atoms with van der Waals surface area (Å²) >= 11 is 0. The number of ether oxygens (including phenoxy) is 2. The van der Waals surface area contributed by atoms with Gasteiger partial charge in [0.05, 0.1) is 12.6 Å². The summed E-state index contributed by atoms with van der Waals surface area (Å²) in [5.41, 5.74) is 0. The van der Waals surface area contributed by atoms with Gasteiger partial charge in [-0.3, -0.25) is 9.69 Å². The molecule has 1 aromatic carbocycles. The van der Waals surface area contributed by atoms with E-state index in [1.807, 2.05) is 25.8 Å². The topological polar surface area (TPSA) is 38.8 Å². The van der Waals surface area contributed by atoms with Crippen molar-refractivity contribution in [1.82, 2.24) is 4.90 Å². The summed E-state index contributed by atoms with van der Waals surface area (Å²) in [5, 5.41) is 0. The molecule has 0 aromatic heterocycles. The minimum atomic E-state index is -0.291. The van der Waals surface area contributed by atoms with Crippen LogP contribution in [0, 0.1) is 5.82 Å². The first kappa shape index (κ1) is 15.4. The zero-order valence-corrected chi connectivity index (χ0v) is 11.6. The Kier molecular flexibility index (Phi) is 6.29. The van der Waals surface area contributed by atoms with Crippen LogP contribution in [-0.4, -0.2) is 43.7 Å². The molecule has 0 aliphatic rings. The quantitative estimate of drug-likeness (QED) is 0.710. The van der Waals surface area contributed by atoms with E-state index in [2.05, 4.69) is 0 Å². The van der Waals surface area contributed by atoms with Crippen molar-refractivity contribution in [2.75, 3.05) is 26.7 Å². The molecule has 0 spiro atoms. The van der Waals surface area contributed by atoms with Gasteiger partial charge in [0.1, 0.15) is 18.2 Å². The van der Waals surface area contributed by atoms with E-state index in [-0.39, 0.29) is 24.4 Å². The summed E-state index contributed by atoms with van der Waals surface area (Å²) in [6, 6.07) is 5.84. The highest BCUT2D eigenvalue weighted by molar-refractivity contribution is 5.71. The smallest absolute Gasteiger partial charge is 0.320 e. The number of benzene rings is 1. The van der Waals surface area contributed by atoms with Crippen LogP contribution in [0.2, 0.25) is 0 Å². The molecular weight excluding hydrogens is 249 g/mol. The number of hydrogen-bond donors (Lipinski definition) is 0. The number of carbonyl (C=O) groups is 1. The monoisotopic (exact) mass is 269 g/mol. The SMILES string of the molecule is CC(C)OC(=O)CN(C)CCOc1ccc(F)cc1. The van der Waals surface area contributed by atoms with E-state index in [0.29, 0.717) is 18.9 Å². The molecule has 1 rings (SSSR count). The summed E-state index contributed by atoms with van der Waals surface area (Å²) < 4.78 is 23.1. The molecule has 0 saturated heterocycles. The third kappa shape index (κ3) is 6.76. The molecule has 0 atom stereocenters. The molecule has 0 amide bonds. The van der Waals surface area contributed by atoms with Gasteiger partial charge in [-0.2, -0.15) is 0 Å². The lowest BCUT2D eigenvalue weighted by Crippen LogP contribution is -2.31. The van der Waals surface area contributed by atoms with Gasteiger partial charge in [0.15, 0.2) is 0 Å². The Bertz CT molecular complexity index is 392. The van der Waals surface area contributed by atoms with Crippen molar-refractivity contribution < 1.29 is 18.7 Å². The zero-order chi connectivity index (χ0) is 14.3. The molecule has 0 aliphatic heterocycles. The first-order valence-electron chi connectivity index (χ1n) is 6.24. The molecule has 106 valence electrons. The first-order valence-corrected chi connectivity index (χ1v) is 6.24. The van der Waals surface area contributed by atoms with E-state index in [4.69, 9.17) is 9.47 Å². The minimum Gasteiger partial charge on any atom is -0.492 e. The fraction of sp³-hybridized carbons (Fsp3) is 0.500. The van der Waals surface area contributed by atoms with Crippen molar-refractivity contribution in [1.29, 1.82) is 0 Å². The Morgan fingerprint density at radius 3 is 2.53 bits per heavy atom. The van der Waals surface area contributed by atoms with Crippen LogP contribution in [0.15, 0.2) is 24.3 Å². The van der Waals surface area contributed by atoms with E-state index >= 15 is 0 Å². The molecule has 0 aliphatic carbocycles. The fourth-order valence-corrected chi connectivity index (χ4v) is 1.45. The van der Waals surface area contributed by atoms with Crippen LogP contribution < -0.4 is 4.74 Å². The maximum absolute atomic E-state index is 12.7. The lowest BCUT2D eigenvalue weighted by Gasteiger charge is -2.17. The summed E-state index contributed by atoms with van der Waals surface area (Å²) in [5.74, 6) is 0.0692. The van der Waals surface area contributed by atoms with E-state index in [1.54, 1.807) is 12.1 Å². The largest absolute Gasteiger partial charge is 0.492 e. The average molecular weight is 269 g/mol. The van der Waals surface area contributed by atoms with Crippen molar-refractivity contribution >= 4 is 5.97 Å². The standard InChI is InChI=1S/C14H20FNO3/c1-11(2)19-14(17)10-16(3)8-9-18-13-6-4-12(15)5-7-13/h4-7,11H,8-10H2,1-3H3. The molecule has 0 heterocycles. The second kappa shape index (κ2) is 7.74. The molecule has 5 heteroatoms. The molecule has 19 heavy (non-hydrogen) atoms. The Morgan fingerprint density at radius 1 is 1.32 bits per heavy atom. The lowest BCUT2D eigenvalue weighted by molar-refractivity contribution is -0.148. The number of hydrogen-bond acceptors (Lipinski definition) is 4. The third-order valence-corrected chi connectivity index (χ3v) is 2.32. The van der Waals surface area contributed by atoms with Crippen LogP contribution in [0.5, 0.6) is 5.75 Å². The van der Waals surface area contributed by atoms with Crippen molar-refractivity contribution in [2.45, 2.75) is 20.0 Å². The van der Waals surface area contributed by atoms with Gasteiger partial charge in [-0.15, -0.1) is 0 Å². The predicted molar refractivity (Wildman–Crippen MR) is 70.6 cm³/mol. The lowest BCUT2D eigenvalue weighted by atomic mass is 10.3. The molecular formula is C14H20FNO3. The van der Waals surface area contributed by atoms with Crippen LogP contribution in [0.3, 0.4) is 0 Å². The first-order chi connectivity index (χ1) is 8.97. The van der Waals surface area contributed by atoms with Gasteiger partial charge in [0.2, 0.25) is 0 Å². The van der Waals surface area contributed by atoms with Gasteiger partial charge in [0.25, 0.3) is 0 Å². The van der Waals surface area contributed by atoms with Gasteiger partial charge in [-0.25, -0.2) is 4.39 Å². The van der Waals surface area contributed by atoms with Crippen molar-refractivity contribution in [3.8, 4) is 5.75 Å². The van der Waals surface area contributed by atoms with Crippen molar-refractivity contribution in [3.05, 3.63) is 30.1 Å². The predicted octanol–water partition coefficient (Wildman–Crippen LogP) is 2.09. The second-order valence-electron chi connectivity index (χ2n) is 4.58. The maximum Gasteiger partial charge on any atom is 0.320 e. The van der Waals surface area contributed by atoms with Crippen LogP contribution in [0.25, 0.3) is 0 Å². The van der Waals surface area contributed by atoms with Crippen LogP contribution in [0.1, 0.15) is 13.8 Å². The Hall–Kier alpha value is -1.62. The van der Waals surface area contributed by atoms with Gasteiger partial charge >= 0.3 is 5.97 Å².